The molecule has 0 aliphatic rings. The van der Waals surface area contributed by atoms with E-state index in [9.17, 15) is 9.59 Å². The van der Waals surface area contributed by atoms with Crippen LogP contribution in [-0.2, 0) is 9.59 Å². The van der Waals surface area contributed by atoms with E-state index in [2.05, 4.69) is 0 Å². The Hall–Kier alpha value is -1.21. The van der Waals surface area contributed by atoms with E-state index in [4.69, 9.17) is 11.0 Å². The molecule has 0 bridgehead atoms. The van der Waals surface area contributed by atoms with Crippen LogP contribution in [0.15, 0.2) is 0 Å². The summed E-state index contributed by atoms with van der Waals surface area (Å²) in [6.45, 7) is 2.80. The molecule has 0 amide bonds. The van der Waals surface area contributed by atoms with Crippen molar-refractivity contribution in [2.24, 2.45) is 11.7 Å². The van der Waals surface area contributed by atoms with E-state index in [0.29, 0.717) is 0 Å². The number of rotatable bonds is 3. The lowest BCUT2D eigenvalue weighted by molar-refractivity contribution is -0.138. The van der Waals surface area contributed by atoms with Crippen molar-refractivity contribution in [3.8, 4) is 6.07 Å². The normalized spacial score (nSPS) is 14.7. The van der Waals surface area contributed by atoms with Gasteiger partial charge in [-0.3, -0.25) is 9.59 Å². The molecule has 0 aromatic rings. The molecule has 4 heteroatoms. The van der Waals surface area contributed by atoms with Crippen LogP contribution in [0, 0.1) is 17.2 Å². The molecule has 2 N–H and O–H groups in total. The molecule has 0 rings (SSSR count). The number of hydrogen-bond donors (Lipinski definition) is 1. The van der Waals surface area contributed by atoms with E-state index in [0.717, 1.165) is 0 Å². The Kier molecular flexibility index (Phi) is 3.42. The predicted molar refractivity (Wildman–Crippen MR) is 38.4 cm³/mol. The fourth-order valence-electron chi connectivity index (χ4n) is 0.496. The second-order valence-corrected chi connectivity index (χ2v) is 2.37. The molecule has 0 aromatic heterocycles. The van der Waals surface area contributed by atoms with Crippen molar-refractivity contribution in [2.75, 3.05) is 0 Å². The van der Waals surface area contributed by atoms with E-state index < -0.39 is 23.5 Å². The average Bonchev–Trinajstić information content (AvgIpc) is 2.00. The zero-order chi connectivity index (χ0) is 9.02. The Balaban J connectivity index is 4.29. The first kappa shape index (κ1) is 9.79. The molecule has 60 valence electrons. The Morgan fingerprint density at radius 1 is 1.36 bits per heavy atom. The van der Waals surface area contributed by atoms with Crippen LogP contribution in [0.25, 0.3) is 0 Å². The smallest absolute Gasteiger partial charge is 0.216 e. The van der Waals surface area contributed by atoms with Gasteiger partial charge >= 0.3 is 0 Å². The molecule has 2 unspecified atom stereocenters. The van der Waals surface area contributed by atoms with Crippen LogP contribution in [0.5, 0.6) is 0 Å². The van der Waals surface area contributed by atoms with E-state index in [1.165, 1.54) is 13.8 Å². The highest BCUT2D eigenvalue weighted by atomic mass is 16.2. The van der Waals surface area contributed by atoms with Crippen LogP contribution >= 0.6 is 0 Å². The highest BCUT2D eigenvalue weighted by Crippen LogP contribution is 1.96. The third-order valence-electron chi connectivity index (χ3n) is 1.24. The minimum absolute atomic E-state index is 0.681. The first-order chi connectivity index (χ1) is 5.00. The minimum Gasteiger partial charge on any atom is -0.321 e. The summed E-state index contributed by atoms with van der Waals surface area (Å²) in [6.07, 6.45) is 0. The number of nitriles is 1. The van der Waals surface area contributed by atoms with Gasteiger partial charge in [0.15, 0.2) is 0 Å². The molecule has 0 heterocycles. The maximum Gasteiger partial charge on any atom is 0.216 e. The van der Waals surface area contributed by atoms with Crippen molar-refractivity contribution < 1.29 is 9.59 Å². The van der Waals surface area contributed by atoms with Gasteiger partial charge in [0.2, 0.25) is 11.6 Å². The quantitative estimate of drug-likeness (QED) is 0.562. The van der Waals surface area contributed by atoms with Crippen molar-refractivity contribution in [2.45, 2.75) is 19.9 Å². The maximum absolute atomic E-state index is 10.9. The summed E-state index contributed by atoms with van der Waals surface area (Å²) in [5, 5.41) is 8.27. The summed E-state index contributed by atoms with van der Waals surface area (Å²) in [6, 6.07) is 0.867. The second kappa shape index (κ2) is 3.84. The van der Waals surface area contributed by atoms with Gasteiger partial charge in [-0.05, 0) is 13.8 Å². The van der Waals surface area contributed by atoms with E-state index in [1.807, 2.05) is 0 Å². The van der Waals surface area contributed by atoms with Gasteiger partial charge in [0.1, 0.15) is 5.92 Å². The molecule has 2 atom stereocenters. The van der Waals surface area contributed by atoms with Crippen molar-refractivity contribution in [1.29, 1.82) is 5.26 Å². The van der Waals surface area contributed by atoms with Crippen LogP contribution in [0.4, 0.5) is 0 Å². The van der Waals surface area contributed by atoms with Crippen LogP contribution < -0.4 is 5.73 Å². The average molecular weight is 154 g/mol. The zero-order valence-corrected chi connectivity index (χ0v) is 6.50. The van der Waals surface area contributed by atoms with Crippen LogP contribution in [-0.4, -0.2) is 17.6 Å². The largest absolute Gasteiger partial charge is 0.321 e. The second-order valence-electron chi connectivity index (χ2n) is 2.37. The molecule has 0 aliphatic heterocycles. The van der Waals surface area contributed by atoms with Gasteiger partial charge in [-0.15, -0.1) is 0 Å². The van der Waals surface area contributed by atoms with Crippen molar-refractivity contribution in [3.63, 3.8) is 0 Å². The molecular weight excluding hydrogens is 144 g/mol. The van der Waals surface area contributed by atoms with E-state index >= 15 is 0 Å². The number of Topliss-reactive ketones (excluding diaryl/α,β-unsaturated/α-hetero) is 2. The molecule has 0 aromatic carbocycles. The Morgan fingerprint density at radius 3 is 2.09 bits per heavy atom. The van der Waals surface area contributed by atoms with Gasteiger partial charge in [-0.1, -0.05) is 0 Å². The molecule has 0 aliphatic carbocycles. The monoisotopic (exact) mass is 154 g/mol. The fraction of sp³-hybridized carbons (Fsp3) is 0.571. The molecule has 11 heavy (non-hydrogen) atoms. The van der Waals surface area contributed by atoms with E-state index in [-0.39, 0.29) is 0 Å². The topological polar surface area (TPSA) is 84.0 Å². The standard InChI is InChI=1S/C7H10N2O2/c1-4(3-8)6(10)7(11)5(2)9/h4-5H,9H2,1-2H3. The third kappa shape index (κ3) is 2.48. The summed E-state index contributed by atoms with van der Waals surface area (Å²) in [7, 11) is 0. The molecule has 0 spiro atoms. The fourth-order valence-corrected chi connectivity index (χ4v) is 0.496. The zero-order valence-electron chi connectivity index (χ0n) is 6.50. The number of carbonyl (C=O) groups is 2. The van der Waals surface area contributed by atoms with Crippen LogP contribution in [0.3, 0.4) is 0 Å². The van der Waals surface area contributed by atoms with Crippen molar-refractivity contribution >= 4 is 11.6 Å². The SMILES string of the molecule is CC(N)C(=O)C(=O)C(C)C#N. The Bertz CT molecular complexity index is 215. The first-order valence-electron chi connectivity index (χ1n) is 3.24. The summed E-state index contributed by atoms with van der Waals surface area (Å²) in [5.41, 5.74) is 5.15. The highest BCUT2D eigenvalue weighted by molar-refractivity contribution is 6.40. The van der Waals surface area contributed by atoms with Crippen molar-refractivity contribution in [3.05, 3.63) is 0 Å². The van der Waals surface area contributed by atoms with Gasteiger partial charge in [0, 0.05) is 0 Å². The van der Waals surface area contributed by atoms with Gasteiger partial charge in [0.05, 0.1) is 12.1 Å². The number of hydrogen-bond acceptors (Lipinski definition) is 4. The third-order valence-corrected chi connectivity index (χ3v) is 1.24. The molecular formula is C7H10N2O2. The van der Waals surface area contributed by atoms with Crippen LogP contribution in [0.2, 0.25) is 0 Å². The molecule has 4 nitrogen and oxygen atoms in total. The van der Waals surface area contributed by atoms with Gasteiger partial charge in [-0.2, -0.15) is 5.26 Å². The Morgan fingerprint density at radius 2 is 1.82 bits per heavy atom. The lowest BCUT2D eigenvalue weighted by Crippen LogP contribution is -2.35. The summed E-state index contributed by atoms with van der Waals surface area (Å²) in [4.78, 5) is 21.7. The molecule has 0 saturated heterocycles. The Labute approximate surface area is 65.0 Å². The van der Waals surface area contributed by atoms with Gasteiger partial charge < -0.3 is 5.73 Å². The molecule has 0 radical (unpaired) electrons. The van der Waals surface area contributed by atoms with Crippen LogP contribution in [0.1, 0.15) is 13.8 Å². The summed E-state index contributed by atoms with van der Waals surface area (Å²) in [5.74, 6) is -2.27. The molecule has 0 saturated carbocycles. The predicted octanol–water partition coefficient (Wildman–Crippen LogP) is -0.369. The maximum atomic E-state index is 10.9. The molecule has 0 fully saturated rings. The summed E-state index contributed by atoms with van der Waals surface area (Å²) >= 11 is 0. The number of carbonyl (C=O) groups excluding carboxylic acids is 2. The lowest BCUT2D eigenvalue weighted by atomic mass is 10.0. The van der Waals surface area contributed by atoms with Gasteiger partial charge in [0.25, 0.3) is 0 Å². The first-order valence-corrected chi connectivity index (χ1v) is 3.24. The summed E-state index contributed by atoms with van der Waals surface area (Å²) < 4.78 is 0. The number of ketones is 2. The van der Waals surface area contributed by atoms with Crippen molar-refractivity contribution in [1.82, 2.24) is 0 Å². The lowest BCUT2D eigenvalue weighted by Gasteiger charge is -2.02. The van der Waals surface area contributed by atoms with E-state index in [1.54, 1.807) is 6.07 Å². The number of nitrogens with zero attached hydrogens (tertiary/aromatic N) is 1. The minimum atomic E-state index is -0.881. The highest BCUT2D eigenvalue weighted by Gasteiger charge is 2.23. The number of nitrogens with two attached hydrogens (primary N) is 1. The van der Waals surface area contributed by atoms with Gasteiger partial charge in [-0.25, -0.2) is 0 Å².